The normalized spacial score (nSPS) is 41.6. The van der Waals surface area contributed by atoms with Crippen LogP contribution >= 0.6 is 23.2 Å². The predicted octanol–water partition coefficient (Wildman–Crippen LogP) is 3.25. The Bertz CT molecular complexity index is 802. The highest BCUT2D eigenvalue weighted by atomic mass is 35.5. The number of guanidine groups is 1. The summed E-state index contributed by atoms with van der Waals surface area (Å²) in [6, 6.07) is 0.0872. The van der Waals surface area contributed by atoms with E-state index in [0.717, 1.165) is 44.9 Å². The third-order valence-electron chi connectivity index (χ3n) is 8.52. The average Bonchev–Trinajstić information content (AvgIpc) is 3.14. The van der Waals surface area contributed by atoms with Gasteiger partial charge in [-0.3, -0.25) is 25.2 Å². The van der Waals surface area contributed by atoms with E-state index in [-0.39, 0.29) is 40.4 Å². The number of rotatable bonds is 6. The van der Waals surface area contributed by atoms with Crippen molar-refractivity contribution in [2.45, 2.75) is 81.4 Å². The lowest BCUT2D eigenvalue weighted by Crippen LogP contribution is -2.49. The van der Waals surface area contributed by atoms with Crippen LogP contribution in [0.5, 0.6) is 0 Å². The van der Waals surface area contributed by atoms with Crippen LogP contribution in [0.2, 0.25) is 0 Å². The molecule has 198 valence electrons. The van der Waals surface area contributed by atoms with E-state index in [1.807, 2.05) is 11.9 Å². The third-order valence-corrected chi connectivity index (χ3v) is 9.65. The first-order valence-electron chi connectivity index (χ1n) is 13.2. The maximum absolute atomic E-state index is 13.9. The Hall–Kier alpha value is -1.12. The fourth-order valence-electron chi connectivity index (χ4n) is 6.58. The number of piperidine rings is 1. The molecule has 0 aromatic heterocycles. The summed E-state index contributed by atoms with van der Waals surface area (Å²) in [5.74, 6) is 1.89. The van der Waals surface area contributed by atoms with Crippen LogP contribution in [0.15, 0.2) is 4.99 Å². The molecule has 3 N–H and O–H groups in total. The van der Waals surface area contributed by atoms with Crippen LogP contribution in [0.25, 0.3) is 0 Å². The van der Waals surface area contributed by atoms with Crippen LogP contribution in [0.1, 0.15) is 58.3 Å². The maximum Gasteiger partial charge on any atom is 0.246 e. The summed E-state index contributed by atoms with van der Waals surface area (Å²) in [7, 11) is 1.85. The van der Waals surface area contributed by atoms with Crippen LogP contribution in [-0.2, 0) is 9.59 Å². The zero-order chi connectivity index (χ0) is 25.1. The number of carbonyl (C=O) groups is 2. The molecule has 4 fully saturated rings. The molecule has 4 aliphatic rings. The first kappa shape index (κ1) is 26.9. The van der Waals surface area contributed by atoms with E-state index in [1.165, 1.54) is 0 Å². The van der Waals surface area contributed by atoms with E-state index in [2.05, 4.69) is 22.9 Å². The SMILES string of the molecule is CC1NC(F)CCC1C1CC(CN=C2NC(=O)CN2C)CC(C(=O)NCC2CCC(Cl)C(Cl)C2)C1. The molecule has 2 aliphatic heterocycles. The van der Waals surface area contributed by atoms with Crippen molar-refractivity contribution in [2.24, 2.45) is 34.6 Å². The molecule has 2 heterocycles. The fraction of sp³-hybridized carbons (Fsp3) is 0.880. The van der Waals surface area contributed by atoms with Crippen molar-refractivity contribution >= 4 is 41.0 Å². The van der Waals surface area contributed by atoms with Gasteiger partial charge in [-0.25, -0.2) is 4.39 Å². The van der Waals surface area contributed by atoms with Gasteiger partial charge in [-0.05, 0) is 82.0 Å². The topological polar surface area (TPSA) is 85.8 Å². The third kappa shape index (κ3) is 7.01. The van der Waals surface area contributed by atoms with Crippen molar-refractivity contribution in [1.29, 1.82) is 0 Å². The maximum atomic E-state index is 13.9. The van der Waals surface area contributed by atoms with Crippen LogP contribution in [0.3, 0.4) is 0 Å². The van der Waals surface area contributed by atoms with E-state index in [1.54, 1.807) is 0 Å². The molecule has 10 heteroatoms. The summed E-state index contributed by atoms with van der Waals surface area (Å²) in [4.78, 5) is 31.5. The lowest BCUT2D eigenvalue weighted by molar-refractivity contribution is -0.128. The molecule has 9 atom stereocenters. The van der Waals surface area contributed by atoms with Gasteiger partial charge in [-0.15, -0.1) is 23.2 Å². The second-order valence-corrected chi connectivity index (χ2v) is 12.3. The number of likely N-dealkylation sites (N-methyl/N-ethyl adjacent to an activating group) is 1. The molecule has 2 aliphatic carbocycles. The second kappa shape index (κ2) is 12.0. The smallest absolute Gasteiger partial charge is 0.246 e. The Kier molecular flexibility index (Phi) is 9.19. The monoisotopic (exact) mass is 531 g/mol. The van der Waals surface area contributed by atoms with E-state index in [4.69, 9.17) is 28.2 Å². The molecule has 35 heavy (non-hydrogen) atoms. The number of alkyl halides is 3. The van der Waals surface area contributed by atoms with Crippen molar-refractivity contribution in [3.63, 3.8) is 0 Å². The van der Waals surface area contributed by atoms with Crippen molar-refractivity contribution in [1.82, 2.24) is 20.9 Å². The van der Waals surface area contributed by atoms with Gasteiger partial charge in [-0.2, -0.15) is 0 Å². The van der Waals surface area contributed by atoms with Gasteiger partial charge < -0.3 is 10.2 Å². The Morgan fingerprint density at radius 3 is 2.60 bits per heavy atom. The number of halogens is 3. The van der Waals surface area contributed by atoms with Crippen LogP contribution < -0.4 is 16.0 Å². The summed E-state index contributed by atoms with van der Waals surface area (Å²) in [6.07, 6.45) is 5.71. The lowest BCUT2D eigenvalue weighted by atomic mass is 9.66. The van der Waals surface area contributed by atoms with Gasteiger partial charge in [0.15, 0.2) is 6.30 Å². The molecular weight excluding hydrogens is 492 g/mol. The van der Waals surface area contributed by atoms with Gasteiger partial charge in [0.05, 0.1) is 11.9 Å². The molecule has 9 unspecified atom stereocenters. The minimum atomic E-state index is -0.943. The lowest BCUT2D eigenvalue weighted by Gasteiger charge is -2.43. The van der Waals surface area contributed by atoms with Crippen LogP contribution in [-0.4, -0.2) is 72.4 Å². The quantitative estimate of drug-likeness (QED) is 0.362. The molecule has 2 amide bonds. The van der Waals surface area contributed by atoms with E-state index < -0.39 is 6.30 Å². The number of nitrogens with one attached hydrogen (secondary N) is 3. The molecule has 0 aromatic rings. The van der Waals surface area contributed by atoms with E-state index in [9.17, 15) is 14.0 Å². The highest BCUT2D eigenvalue weighted by molar-refractivity contribution is 6.30. The first-order valence-corrected chi connectivity index (χ1v) is 14.1. The van der Waals surface area contributed by atoms with Crippen LogP contribution in [0, 0.1) is 29.6 Å². The largest absolute Gasteiger partial charge is 0.356 e. The molecule has 2 saturated carbocycles. The Morgan fingerprint density at radius 1 is 1.11 bits per heavy atom. The summed E-state index contributed by atoms with van der Waals surface area (Å²) >= 11 is 12.6. The van der Waals surface area contributed by atoms with Crippen molar-refractivity contribution in [3.8, 4) is 0 Å². The number of aliphatic imine (C=N–C) groups is 1. The molecule has 0 aromatic carbocycles. The van der Waals surface area contributed by atoms with Crippen LogP contribution in [0.4, 0.5) is 4.39 Å². The minimum absolute atomic E-state index is 0.0174. The summed E-state index contributed by atoms with van der Waals surface area (Å²) in [6.45, 7) is 3.60. The van der Waals surface area contributed by atoms with Gasteiger partial charge in [0.25, 0.3) is 0 Å². The van der Waals surface area contributed by atoms with Crippen molar-refractivity contribution in [3.05, 3.63) is 0 Å². The van der Waals surface area contributed by atoms with Gasteiger partial charge in [0.1, 0.15) is 0 Å². The Balaban J connectivity index is 1.39. The average molecular weight is 533 g/mol. The number of carbonyl (C=O) groups excluding carboxylic acids is 2. The van der Waals surface area contributed by atoms with Gasteiger partial charge in [-0.1, -0.05) is 0 Å². The Labute approximate surface area is 218 Å². The Morgan fingerprint density at radius 2 is 1.91 bits per heavy atom. The zero-order valence-corrected chi connectivity index (χ0v) is 22.3. The van der Waals surface area contributed by atoms with Crippen molar-refractivity contribution in [2.75, 3.05) is 26.7 Å². The molecule has 0 spiro atoms. The standard InChI is InChI=1S/C25H40Cl2FN5O2/c1-14-19(4-6-22(28)31-14)17-7-16(12-30-25-32-23(34)13-33(25)2)8-18(10-17)24(35)29-11-15-3-5-20(26)21(27)9-15/h14-22,31H,3-13H2,1-2H3,(H,29,35)(H,30,32,34). The van der Waals surface area contributed by atoms with E-state index >= 15 is 0 Å². The van der Waals surface area contributed by atoms with Gasteiger partial charge in [0, 0.05) is 37.5 Å². The number of hydrogen-bond acceptors (Lipinski definition) is 4. The minimum Gasteiger partial charge on any atom is -0.356 e. The molecule has 7 nitrogen and oxygen atoms in total. The number of hydrogen-bond donors (Lipinski definition) is 3. The summed E-state index contributed by atoms with van der Waals surface area (Å²) in [5, 5.41) is 9.08. The molecule has 4 rings (SSSR count). The fourth-order valence-corrected chi connectivity index (χ4v) is 7.19. The molecule has 2 saturated heterocycles. The van der Waals surface area contributed by atoms with Gasteiger partial charge >= 0.3 is 0 Å². The van der Waals surface area contributed by atoms with Crippen molar-refractivity contribution < 1.29 is 14.0 Å². The zero-order valence-electron chi connectivity index (χ0n) is 20.8. The molecule has 0 radical (unpaired) electrons. The van der Waals surface area contributed by atoms with Gasteiger partial charge in [0.2, 0.25) is 17.8 Å². The predicted molar refractivity (Wildman–Crippen MR) is 137 cm³/mol. The molecular formula is C25H40Cl2FN5O2. The highest BCUT2D eigenvalue weighted by Gasteiger charge is 2.40. The summed E-state index contributed by atoms with van der Waals surface area (Å²) in [5.41, 5.74) is 0. The first-order chi connectivity index (χ1) is 16.7. The number of amides is 2. The highest BCUT2D eigenvalue weighted by Crippen LogP contribution is 2.42. The summed E-state index contributed by atoms with van der Waals surface area (Å²) < 4.78 is 13.9. The second-order valence-electron chi connectivity index (χ2n) is 11.2. The molecule has 0 bridgehead atoms. The number of nitrogens with zero attached hydrogens (tertiary/aromatic N) is 2. The van der Waals surface area contributed by atoms with E-state index in [0.29, 0.717) is 49.8 Å².